The van der Waals surface area contributed by atoms with Gasteiger partial charge >= 0.3 is 6.18 Å². The molecule has 8 heteroatoms. The molecule has 23 heavy (non-hydrogen) atoms. The monoisotopic (exact) mass is 338 g/mol. The van der Waals surface area contributed by atoms with Crippen LogP contribution in [-0.2, 0) is 11.0 Å². The Morgan fingerprint density at radius 3 is 2.57 bits per heavy atom. The Morgan fingerprint density at radius 2 is 1.91 bits per heavy atom. The average Bonchev–Trinajstić information content (AvgIpc) is 3.06. The van der Waals surface area contributed by atoms with E-state index >= 15 is 0 Å². The van der Waals surface area contributed by atoms with Gasteiger partial charge in [0, 0.05) is 11.6 Å². The van der Waals surface area contributed by atoms with Gasteiger partial charge in [0.15, 0.2) is 5.11 Å². The molecule has 1 fully saturated rings. The lowest BCUT2D eigenvalue weighted by Crippen LogP contribution is -2.21. The largest absolute Gasteiger partial charge is 0.457 e. The Balaban J connectivity index is 1.90. The summed E-state index contributed by atoms with van der Waals surface area (Å²) in [6.07, 6.45) is -3.00. The number of benzene rings is 1. The van der Waals surface area contributed by atoms with Gasteiger partial charge in [0.1, 0.15) is 17.2 Å². The Kier molecular flexibility index (Phi) is 3.69. The summed E-state index contributed by atoms with van der Waals surface area (Å²) in [5.41, 5.74) is -0.253. The number of hydrogen-bond acceptors (Lipinski definition) is 3. The molecule has 118 valence electrons. The molecule has 2 N–H and O–H groups in total. The lowest BCUT2D eigenvalue weighted by Gasteiger charge is -2.07. The van der Waals surface area contributed by atoms with Crippen LogP contribution in [0.25, 0.3) is 17.4 Å². The molecule has 0 saturated carbocycles. The first-order chi connectivity index (χ1) is 10.8. The standard InChI is InChI=1S/C15H9F3N2O2S/c16-15(17,18)9-3-1-2-8(6-9)12-5-4-10(22-12)7-11-13(21)20-14(23)19-11/h1-7H,(H2,19,20,21,23)/b11-7-. The predicted octanol–water partition coefficient (Wildman–Crippen LogP) is 3.31. The van der Waals surface area contributed by atoms with Gasteiger partial charge in [-0.2, -0.15) is 13.2 Å². The number of furan rings is 1. The van der Waals surface area contributed by atoms with Crippen molar-refractivity contribution in [3.8, 4) is 11.3 Å². The fourth-order valence-corrected chi connectivity index (χ4v) is 2.26. The van der Waals surface area contributed by atoms with Crippen molar-refractivity contribution in [1.29, 1.82) is 0 Å². The van der Waals surface area contributed by atoms with Crippen LogP contribution < -0.4 is 10.6 Å². The lowest BCUT2D eigenvalue weighted by molar-refractivity contribution is -0.137. The minimum Gasteiger partial charge on any atom is -0.457 e. The first-order valence-electron chi connectivity index (χ1n) is 6.44. The van der Waals surface area contributed by atoms with Gasteiger partial charge in [0.2, 0.25) is 0 Å². The van der Waals surface area contributed by atoms with Crippen LogP contribution in [0.4, 0.5) is 13.2 Å². The maximum Gasteiger partial charge on any atom is 0.416 e. The topological polar surface area (TPSA) is 54.3 Å². The molecule has 1 saturated heterocycles. The smallest absolute Gasteiger partial charge is 0.416 e. The number of thiocarbonyl (C=S) groups is 1. The van der Waals surface area contributed by atoms with E-state index in [-0.39, 0.29) is 16.6 Å². The molecular formula is C15H9F3N2O2S. The third kappa shape index (κ3) is 3.26. The third-order valence-corrected chi connectivity index (χ3v) is 3.31. The Hall–Kier alpha value is -2.61. The molecule has 1 aliphatic rings. The van der Waals surface area contributed by atoms with Crippen LogP contribution in [0.5, 0.6) is 0 Å². The molecule has 0 radical (unpaired) electrons. The Labute approximate surface area is 134 Å². The molecule has 3 rings (SSSR count). The molecule has 4 nitrogen and oxygen atoms in total. The third-order valence-electron chi connectivity index (χ3n) is 3.11. The SMILES string of the molecule is O=C1NC(=S)N/C1=C\c1ccc(-c2cccc(C(F)(F)F)c2)o1. The van der Waals surface area contributed by atoms with Gasteiger partial charge in [0.05, 0.1) is 5.56 Å². The van der Waals surface area contributed by atoms with Crippen molar-refractivity contribution in [3.05, 3.63) is 53.4 Å². The van der Waals surface area contributed by atoms with Crippen LogP contribution in [0.1, 0.15) is 11.3 Å². The van der Waals surface area contributed by atoms with Crippen molar-refractivity contribution in [2.75, 3.05) is 0 Å². The quantitative estimate of drug-likeness (QED) is 0.652. The zero-order chi connectivity index (χ0) is 16.6. The number of alkyl halides is 3. The number of halogens is 3. The van der Waals surface area contributed by atoms with Crippen molar-refractivity contribution in [1.82, 2.24) is 10.6 Å². The maximum absolute atomic E-state index is 12.7. The fraction of sp³-hybridized carbons (Fsp3) is 0.0667. The second kappa shape index (κ2) is 5.54. The van der Waals surface area contributed by atoms with Gasteiger partial charge in [-0.1, -0.05) is 12.1 Å². The number of nitrogens with one attached hydrogen (secondary N) is 2. The van der Waals surface area contributed by atoms with Gasteiger partial charge in [0.25, 0.3) is 5.91 Å². The first-order valence-corrected chi connectivity index (χ1v) is 6.85. The second-order valence-corrected chi connectivity index (χ2v) is 5.16. The van der Waals surface area contributed by atoms with Crippen LogP contribution in [-0.4, -0.2) is 11.0 Å². The van der Waals surface area contributed by atoms with Gasteiger partial charge in [-0.15, -0.1) is 0 Å². The van der Waals surface area contributed by atoms with Crippen molar-refractivity contribution in [2.45, 2.75) is 6.18 Å². The van der Waals surface area contributed by atoms with Crippen LogP contribution >= 0.6 is 12.2 Å². The Morgan fingerprint density at radius 1 is 1.13 bits per heavy atom. The summed E-state index contributed by atoms with van der Waals surface area (Å²) in [6.45, 7) is 0. The fourth-order valence-electron chi connectivity index (χ4n) is 2.06. The summed E-state index contributed by atoms with van der Waals surface area (Å²) in [7, 11) is 0. The molecule has 0 unspecified atom stereocenters. The number of rotatable bonds is 2. The zero-order valence-electron chi connectivity index (χ0n) is 11.4. The number of hydrogen-bond donors (Lipinski definition) is 2. The zero-order valence-corrected chi connectivity index (χ0v) is 12.2. The minimum atomic E-state index is -4.42. The van der Waals surface area contributed by atoms with E-state index in [0.717, 1.165) is 12.1 Å². The normalized spacial score (nSPS) is 16.6. The molecule has 2 heterocycles. The molecule has 1 aromatic heterocycles. The van der Waals surface area contributed by atoms with Gasteiger partial charge in [-0.25, -0.2) is 0 Å². The van der Waals surface area contributed by atoms with Crippen molar-refractivity contribution >= 4 is 29.3 Å². The molecule has 0 bridgehead atoms. The number of amides is 1. The summed E-state index contributed by atoms with van der Waals surface area (Å²) in [5, 5.41) is 5.24. The van der Waals surface area contributed by atoms with E-state index in [1.54, 1.807) is 6.07 Å². The van der Waals surface area contributed by atoms with Crippen molar-refractivity contribution in [3.63, 3.8) is 0 Å². The van der Waals surface area contributed by atoms with Crippen LogP contribution in [0.3, 0.4) is 0 Å². The summed E-state index contributed by atoms with van der Waals surface area (Å²) >= 11 is 4.80. The van der Waals surface area contributed by atoms with E-state index in [1.165, 1.54) is 24.3 Å². The molecule has 2 aromatic rings. The first kappa shape index (κ1) is 15.3. The van der Waals surface area contributed by atoms with E-state index in [9.17, 15) is 18.0 Å². The highest BCUT2D eigenvalue weighted by Crippen LogP contribution is 2.32. The van der Waals surface area contributed by atoms with Gasteiger partial charge < -0.3 is 9.73 Å². The highest BCUT2D eigenvalue weighted by Gasteiger charge is 2.30. The van der Waals surface area contributed by atoms with E-state index in [4.69, 9.17) is 16.6 Å². The summed E-state index contributed by atoms with van der Waals surface area (Å²) in [6, 6.07) is 7.91. The average molecular weight is 338 g/mol. The highest BCUT2D eigenvalue weighted by atomic mass is 32.1. The molecular weight excluding hydrogens is 329 g/mol. The van der Waals surface area contributed by atoms with Crippen LogP contribution in [0, 0.1) is 0 Å². The Bertz CT molecular complexity index is 824. The minimum absolute atomic E-state index is 0.186. The summed E-state index contributed by atoms with van der Waals surface area (Å²) in [4.78, 5) is 11.5. The van der Waals surface area contributed by atoms with Gasteiger partial charge in [-0.05, 0) is 36.5 Å². The molecule has 1 aliphatic heterocycles. The molecule has 1 aromatic carbocycles. The number of carbonyl (C=O) groups excluding carboxylic acids is 1. The van der Waals surface area contributed by atoms with E-state index in [1.807, 2.05) is 0 Å². The van der Waals surface area contributed by atoms with E-state index in [2.05, 4.69) is 10.6 Å². The van der Waals surface area contributed by atoms with Crippen molar-refractivity contribution in [2.24, 2.45) is 0 Å². The van der Waals surface area contributed by atoms with E-state index in [0.29, 0.717) is 11.3 Å². The van der Waals surface area contributed by atoms with Gasteiger partial charge in [-0.3, -0.25) is 10.1 Å². The molecule has 0 aliphatic carbocycles. The highest BCUT2D eigenvalue weighted by molar-refractivity contribution is 7.80. The van der Waals surface area contributed by atoms with Crippen LogP contribution in [0.15, 0.2) is 46.5 Å². The lowest BCUT2D eigenvalue weighted by atomic mass is 10.1. The second-order valence-electron chi connectivity index (χ2n) is 4.75. The molecule has 1 amide bonds. The maximum atomic E-state index is 12.7. The van der Waals surface area contributed by atoms with Crippen LogP contribution in [0.2, 0.25) is 0 Å². The predicted molar refractivity (Wildman–Crippen MR) is 81.0 cm³/mol. The van der Waals surface area contributed by atoms with E-state index < -0.39 is 17.6 Å². The summed E-state index contributed by atoms with van der Waals surface area (Å²) < 4.78 is 43.7. The molecule has 0 spiro atoms. The molecule has 0 atom stereocenters. The summed E-state index contributed by atoms with van der Waals surface area (Å²) in [5.74, 6) is 0.190. The number of carbonyl (C=O) groups is 1. The van der Waals surface area contributed by atoms with Crippen molar-refractivity contribution < 1.29 is 22.4 Å².